The second kappa shape index (κ2) is 13.3. The SMILES string of the molecule is C1=CC(c2ccc(N(c3ccc(-c4ccc5c(c4)CC4Cc6cc(-c7ccccc7)ccc6N54)cc3)c3ccccc3-c3ccccc3)cc2)=CCC1. The third-order valence-corrected chi connectivity index (χ3v) is 11.2. The zero-order valence-electron chi connectivity index (χ0n) is 29.7. The van der Waals surface area contributed by atoms with Crippen LogP contribution < -0.4 is 9.80 Å². The summed E-state index contributed by atoms with van der Waals surface area (Å²) in [5.74, 6) is 0. The molecule has 10 rings (SSSR count). The third-order valence-electron chi connectivity index (χ3n) is 11.2. The minimum Gasteiger partial charge on any atom is -0.337 e. The molecule has 0 spiro atoms. The van der Waals surface area contributed by atoms with Crippen molar-refractivity contribution in [3.63, 3.8) is 0 Å². The van der Waals surface area contributed by atoms with Crippen molar-refractivity contribution in [2.75, 3.05) is 9.80 Å². The summed E-state index contributed by atoms with van der Waals surface area (Å²) in [6.07, 6.45) is 11.3. The van der Waals surface area contributed by atoms with Crippen LogP contribution in [0, 0.1) is 0 Å². The second-order valence-electron chi connectivity index (χ2n) is 14.4. The average Bonchev–Trinajstić information content (AvgIpc) is 3.78. The van der Waals surface area contributed by atoms with Gasteiger partial charge in [0.1, 0.15) is 0 Å². The predicted octanol–water partition coefficient (Wildman–Crippen LogP) is 13.5. The summed E-state index contributed by atoms with van der Waals surface area (Å²) >= 11 is 0. The van der Waals surface area contributed by atoms with E-state index in [-0.39, 0.29) is 0 Å². The molecule has 7 aromatic rings. The van der Waals surface area contributed by atoms with Crippen molar-refractivity contribution >= 4 is 34.0 Å². The highest BCUT2D eigenvalue weighted by atomic mass is 15.2. The van der Waals surface area contributed by atoms with E-state index >= 15 is 0 Å². The predicted molar refractivity (Wildman–Crippen MR) is 224 cm³/mol. The Morgan fingerprint density at radius 3 is 1.58 bits per heavy atom. The molecule has 2 nitrogen and oxygen atoms in total. The summed E-state index contributed by atoms with van der Waals surface area (Å²) in [4.78, 5) is 4.99. The van der Waals surface area contributed by atoms with E-state index < -0.39 is 0 Å². The number of hydrogen-bond acceptors (Lipinski definition) is 2. The van der Waals surface area contributed by atoms with Crippen molar-refractivity contribution in [3.05, 3.63) is 205 Å². The fraction of sp³-hybridized carbons (Fsp3) is 0.0980. The summed E-state index contributed by atoms with van der Waals surface area (Å²) in [6.45, 7) is 0. The summed E-state index contributed by atoms with van der Waals surface area (Å²) in [7, 11) is 0. The molecule has 2 aliphatic heterocycles. The molecule has 0 saturated carbocycles. The molecule has 0 fully saturated rings. The number of benzene rings is 7. The Bertz CT molecular complexity index is 2490. The number of nitrogens with zero attached hydrogens (tertiary/aromatic N) is 2. The molecule has 1 unspecified atom stereocenters. The van der Waals surface area contributed by atoms with Crippen molar-refractivity contribution in [2.45, 2.75) is 31.7 Å². The zero-order chi connectivity index (χ0) is 35.1. The molecule has 1 aliphatic carbocycles. The normalized spacial score (nSPS) is 15.4. The van der Waals surface area contributed by atoms with Gasteiger partial charge in [-0.05, 0) is 130 Å². The molecule has 53 heavy (non-hydrogen) atoms. The number of anilines is 5. The molecule has 7 aromatic carbocycles. The lowest BCUT2D eigenvalue weighted by Crippen LogP contribution is -2.22. The molecule has 0 saturated heterocycles. The molecule has 2 heteroatoms. The number of rotatable bonds is 7. The van der Waals surface area contributed by atoms with Gasteiger partial charge in [-0.2, -0.15) is 0 Å². The highest BCUT2D eigenvalue weighted by Crippen LogP contribution is 2.48. The first kappa shape index (κ1) is 31.4. The summed E-state index contributed by atoms with van der Waals surface area (Å²) < 4.78 is 0. The molecule has 3 aliphatic rings. The summed E-state index contributed by atoms with van der Waals surface area (Å²) in [6, 6.07) is 63.0. The van der Waals surface area contributed by atoms with Gasteiger partial charge in [0, 0.05) is 34.4 Å². The molecule has 0 amide bonds. The van der Waals surface area contributed by atoms with E-state index in [1.54, 1.807) is 0 Å². The third kappa shape index (κ3) is 5.77. The number of allylic oxidation sites excluding steroid dienone is 4. The van der Waals surface area contributed by atoms with Gasteiger partial charge in [-0.25, -0.2) is 0 Å². The van der Waals surface area contributed by atoms with E-state index in [0.717, 1.165) is 42.7 Å². The Labute approximate surface area is 312 Å². The lowest BCUT2D eigenvalue weighted by Gasteiger charge is -2.28. The van der Waals surface area contributed by atoms with Crippen LogP contribution in [0.15, 0.2) is 188 Å². The highest BCUT2D eigenvalue weighted by Gasteiger charge is 2.37. The van der Waals surface area contributed by atoms with Gasteiger partial charge >= 0.3 is 0 Å². The second-order valence-corrected chi connectivity index (χ2v) is 14.4. The molecule has 0 radical (unpaired) electrons. The van der Waals surface area contributed by atoms with Crippen LogP contribution in [0.4, 0.5) is 28.4 Å². The minimum atomic E-state index is 0.485. The van der Waals surface area contributed by atoms with E-state index in [2.05, 4.69) is 198 Å². The molecule has 0 bridgehead atoms. The van der Waals surface area contributed by atoms with Gasteiger partial charge in [0.15, 0.2) is 0 Å². The van der Waals surface area contributed by atoms with Crippen LogP contribution in [0.3, 0.4) is 0 Å². The quantitative estimate of drug-likeness (QED) is 0.165. The maximum atomic E-state index is 2.58. The van der Waals surface area contributed by atoms with Gasteiger partial charge in [-0.1, -0.05) is 133 Å². The van der Waals surface area contributed by atoms with E-state index in [1.165, 1.54) is 67.0 Å². The van der Waals surface area contributed by atoms with Crippen LogP contribution in [-0.4, -0.2) is 6.04 Å². The van der Waals surface area contributed by atoms with Gasteiger partial charge in [-0.3, -0.25) is 0 Å². The van der Waals surface area contributed by atoms with Crippen molar-refractivity contribution in [1.82, 2.24) is 0 Å². The smallest absolute Gasteiger partial charge is 0.0540 e. The maximum Gasteiger partial charge on any atom is 0.0540 e. The van der Waals surface area contributed by atoms with E-state index in [0.29, 0.717) is 6.04 Å². The molecule has 0 aromatic heterocycles. The first-order valence-corrected chi connectivity index (χ1v) is 18.9. The average molecular weight is 681 g/mol. The van der Waals surface area contributed by atoms with Crippen molar-refractivity contribution in [3.8, 4) is 33.4 Å². The standard InChI is InChI=1S/C51H40N2/c1-4-12-36(13-5-1)38-20-26-45(27-21-38)52(51-19-11-10-18-48(51)40-16-8-3-9-17-40)46-28-22-39(23-29-46)42-25-31-50-44(33-42)35-47-34-43-32-41(24-30-49(43)53(47)50)37-14-6-2-7-15-37/h2-4,6-33,47H,1,5,34-35H2. The van der Waals surface area contributed by atoms with Crippen LogP contribution in [0.2, 0.25) is 0 Å². The zero-order valence-corrected chi connectivity index (χ0v) is 29.7. The first-order valence-electron chi connectivity index (χ1n) is 18.9. The monoisotopic (exact) mass is 680 g/mol. The van der Waals surface area contributed by atoms with Crippen molar-refractivity contribution < 1.29 is 0 Å². The Hall–Kier alpha value is -6.38. The molecular formula is C51H40N2. The van der Waals surface area contributed by atoms with Crippen LogP contribution in [0.5, 0.6) is 0 Å². The highest BCUT2D eigenvalue weighted by molar-refractivity contribution is 5.89. The lowest BCUT2D eigenvalue weighted by molar-refractivity contribution is 0.725. The van der Waals surface area contributed by atoms with E-state index in [9.17, 15) is 0 Å². The number of fused-ring (bicyclic) bond motifs is 5. The van der Waals surface area contributed by atoms with Gasteiger partial charge in [-0.15, -0.1) is 0 Å². The number of para-hydroxylation sites is 1. The molecular weight excluding hydrogens is 641 g/mol. The Morgan fingerprint density at radius 1 is 0.453 bits per heavy atom. The minimum absolute atomic E-state index is 0.485. The first-order chi connectivity index (χ1) is 26.3. The van der Waals surface area contributed by atoms with Crippen molar-refractivity contribution in [1.29, 1.82) is 0 Å². The van der Waals surface area contributed by atoms with Crippen LogP contribution in [0.25, 0.3) is 39.0 Å². The Kier molecular flexibility index (Phi) is 7.87. The van der Waals surface area contributed by atoms with Gasteiger partial charge in [0.2, 0.25) is 0 Å². The molecule has 2 heterocycles. The van der Waals surface area contributed by atoms with Crippen LogP contribution in [0.1, 0.15) is 29.5 Å². The van der Waals surface area contributed by atoms with Gasteiger partial charge < -0.3 is 9.80 Å². The molecule has 1 atom stereocenters. The fourth-order valence-electron chi connectivity index (χ4n) is 8.63. The van der Waals surface area contributed by atoms with E-state index in [4.69, 9.17) is 0 Å². The fourth-order valence-corrected chi connectivity index (χ4v) is 8.63. The van der Waals surface area contributed by atoms with Gasteiger partial charge in [0.25, 0.3) is 0 Å². The van der Waals surface area contributed by atoms with Crippen molar-refractivity contribution in [2.24, 2.45) is 0 Å². The maximum absolute atomic E-state index is 2.58. The van der Waals surface area contributed by atoms with Gasteiger partial charge in [0.05, 0.1) is 5.69 Å². The Morgan fingerprint density at radius 2 is 0.981 bits per heavy atom. The molecule has 0 N–H and O–H groups in total. The molecule has 254 valence electrons. The summed E-state index contributed by atoms with van der Waals surface area (Å²) in [5.41, 5.74) is 19.1. The summed E-state index contributed by atoms with van der Waals surface area (Å²) in [5, 5.41) is 0. The number of hydrogen-bond donors (Lipinski definition) is 0. The lowest BCUT2D eigenvalue weighted by atomic mass is 9.97. The topological polar surface area (TPSA) is 6.48 Å². The Balaban J connectivity index is 0.973. The van der Waals surface area contributed by atoms with Crippen LogP contribution >= 0.6 is 0 Å². The van der Waals surface area contributed by atoms with E-state index in [1.807, 2.05) is 0 Å². The largest absolute Gasteiger partial charge is 0.337 e. The van der Waals surface area contributed by atoms with Crippen LogP contribution in [-0.2, 0) is 12.8 Å².